The third kappa shape index (κ3) is 3.58. The molecule has 0 aromatic carbocycles. The number of carbonyl (C=O) groups is 3. The molecule has 6 aliphatic rings. The fourth-order valence-electron chi connectivity index (χ4n) is 11.0. The van der Waals surface area contributed by atoms with Gasteiger partial charge in [0.25, 0.3) is 0 Å². The van der Waals surface area contributed by atoms with E-state index in [1.165, 1.54) is 20.8 Å². The standard InChI is InChI=1S/C31H47NO10/c1-16-6-9-23-27(5,36)31(40)22(14-32(23)13-16)30(39)15-29(38)21(28(30,37)12-24(31)42-18(3)34)8-7-19-25(35)20(41-17(2)33)10-11-26(19,29)4/h16,19-24,36-40H,6-15H2,1-5H3/t16-,19-,20-,21-,22-,23-,24-,26-,27+,28+,29+,30+,31-/m0/s1. The van der Waals surface area contributed by atoms with Gasteiger partial charge in [-0.3, -0.25) is 19.3 Å². The van der Waals surface area contributed by atoms with E-state index in [0.717, 1.165) is 6.42 Å². The Hall–Kier alpha value is -1.63. The average Bonchev–Trinajstić information content (AvgIpc) is 3.06. The lowest BCUT2D eigenvalue weighted by Crippen LogP contribution is -2.85. The largest absolute Gasteiger partial charge is 0.459 e. The molecule has 5 N–H and O–H groups in total. The molecule has 11 nitrogen and oxygen atoms in total. The summed E-state index contributed by atoms with van der Waals surface area (Å²) in [6, 6.07) is -0.453. The molecule has 0 bridgehead atoms. The van der Waals surface area contributed by atoms with Gasteiger partial charge in [-0.25, -0.2) is 0 Å². The van der Waals surface area contributed by atoms with E-state index in [4.69, 9.17) is 9.47 Å². The van der Waals surface area contributed by atoms with Gasteiger partial charge in [-0.2, -0.15) is 0 Å². The van der Waals surface area contributed by atoms with Crippen molar-refractivity contribution >= 4 is 17.7 Å². The van der Waals surface area contributed by atoms with Crippen LogP contribution in [-0.2, 0) is 23.9 Å². The molecule has 11 heteroatoms. The first-order chi connectivity index (χ1) is 19.4. The van der Waals surface area contributed by atoms with Crippen LogP contribution in [0.1, 0.15) is 86.0 Å². The van der Waals surface area contributed by atoms with Gasteiger partial charge in [0.05, 0.1) is 5.60 Å². The first kappa shape index (κ1) is 30.4. The fourth-order valence-corrected chi connectivity index (χ4v) is 11.0. The van der Waals surface area contributed by atoms with Crippen LogP contribution < -0.4 is 0 Å². The van der Waals surface area contributed by atoms with E-state index in [1.54, 1.807) is 0 Å². The molecule has 2 heterocycles. The number of hydrogen-bond donors (Lipinski definition) is 5. The zero-order valence-electron chi connectivity index (χ0n) is 25.3. The van der Waals surface area contributed by atoms with Crippen molar-refractivity contribution in [1.82, 2.24) is 4.90 Å². The van der Waals surface area contributed by atoms with Gasteiger partial charge in [0.15, 0.2) is 11.9 Å². The smallest absolute Gasteiger partial charge is 0.303 e. The summed E-state index contributed by atoms with van der Waals surface area (Å²) in [5.74, 6) is -3.90. The van der Waals surface area contributed by atoms with Gasteiger partial charge in [0, 0.05) is 69.0 Å². The maximum Gasteiger partial charge on any atom is 0.303 e. The van der Waals surface area contributed by atoms with Gasteiger partial charge >= 0.3 is 11.9 Å². The van der Waals surface area contributed by atoms with Crippen LogP contribution in [0.3, 0.4) is 0 Å². The number of ketones is 1. The number of hydrogen-bond acceptors (Lipinski definition) is 11. The number of esters is 2. The molecule has 6 fully saturated rings. The van der Waals surface area contributed by atoms with E-state index in [2.05, 4.69) is 11.8 Å². The summed E-state index contributed by atoms with van der Waals surface area (Å²) in [7, 11) is 0. The van der Waals surface area contributed by atoms with Crippen molar-refractivity contribution in [3.8, 4) is 0 Å². The number of ether oxygens (including phenoxy) is 2. The van der Waals surface area contributed by atoms with Crippen molar-refractivity contribution < 1.29 is 49.4 Å². The van der Waals surface area contributed by atoms with Gasteiger partial charge < -0.3 is 35.0 Å². The molecule has 13 atom stereocenters. The summed E-state index contributed by atoms with van der Waals surface area (Å²) in [4.78, 5) is 39.7. The van der Waals surface area contributed by atoms with E-state index in [1.807, 2.05) is 6.92 Å². The highest BCUT2D eigenvalue weighted by atomic mass is 16.6. The van der Waals surface area contributed by atoms with E-state index < -0.39 is 81.4 Å². The number of rotatable bonds is 2. The molecule has 4 aliphatic carbocycles. The van der Waals surface area contributed by atoms with Crippen LogP contribution in [0.15, 0.2) is 0 Å². The van der Waals surface area contributed by atoms with Crippen molar-refractivity contribution in [2.24, 2.45) is 29.1 Å². The SMILES string of the molecule is CC(=O)O[C@H]1CC[C@@]2(C)[C@@H](CC[C@@H]3[C@]2(O)C[C@@]2(O)[C@@H]4CN5C[C@@H](C)CC[C@H]5[C@@](C)(O)[C@@]4(O)[C@@H](OC(C)=O)C[C@@]32O)C1=O. The number of piperidine rings is 2. The monoisotopic (exact) mass is 593 g/mol. The summed E-state index contributed by atoms with van der Waals surface area (Å²) in [5.41, 5.74) is -10.8. The highest BCUT2D eigenvalue weighted by Gasteiger charge is 2.84. The van der Waals surface area contributed by atoms with Gasteiger partial charge in [0.2, 0.25) is 0 Å². The lowest BCUT2D eigenvalue weighted by molar-refractivity contribution is -0.354. The molecule has 0 unspecified atom stereocenters. The first-order valence-electron chi connectivity index (χ1n) is 15.6. The fraction of sp³-hybridized carbons (Fsp3) is 0.903. The molecule has 4 saturated carbocycles. The minimum Gasteiger partial charge on any atom is -0.459 e. The van der Waals surface area contributed by atoms with Crippen LogP contribution >= 0.6 is 0 Å². The molecule has 2 aliphatic heterocycles. The Balaban J connectivity index is 1.46. The summed E-state index contributed by atoms with van der Waals surface area (Å²) in [5, 5.41) is 63.0. The van der Waals surface area contributed by atoms with Crippen LogP contribution in [0, 0.1) is 29.1 Å². The average molecular weight is 594 g/mol. The molecule has 0 amide bonds. The maximum atomic E-state index is 13.6. The molecule has 0 spiro atoms. The summed E-state index contributed by atoms with van der Waals surface area (Å²) < 4.78 is 11.0. The molecule has 6 rings (SSSR count). The molecule has 0 aromatic heterocycles. The van der Waals surface area contributed by atoms with Gasteiger partial charge in [-0.05, 0) is 51.4 Å². The normalized spacial score (nSPS) is 55.4. The number of aliphatic hydroxyl groups is 5. The third-order valence-corrected chi connectivity index (χ3v) is 13.0. The van der Waals surface area contributed by atoms with E-state index >= 15 is 0 Å². The molecule has 42 heavy (non-hydrogen) atoms. The topological polar surface area (TPSA) is 174 Å². The Labute approximate surface area is 246 Å². The zero-order valence-corrected chi connectivity index (χ0v) is 25.3. The first-order valence-corrected chi connectivity index (χ1v) is 15.6. The number of fused-ring (bicyclic) bond motifs is 8. The molecule has 236 valence electrons. The molecular formula is C31H47NO10. The van der Waals surface area contributed by atoms with Crippen LogP contribution in [0.4, 0.5) is 0 Å². The van der Waals surface area contributed by atoms with Crippen molar-refractivity contribution in [1.29, 1.82) is 0 Å². The van der Waals surface area contributed by atoms with Crippen LogP contribution in [0.5, 0.6) is 0 Å². The summed E-state index contributed by atoms with van der Waals surface area (Å²) in [6.07, 6.45) is -0.422. The van der Waals surface area contributed by atoms with Crippen molar-refractivity contribution in [3.63, 3.8) is 0 Å². The summed E-state index contributed by atoms with van der Waals surface area (Å²) >= 11 is 0. The predicted molar refractivity (Wildman–Crippen MR) is 147 cm³/mol. The van der Waals surface area contributed by atoms with Crippen molar-refractivity contribution in [2.75, 3.05) is 13.1 Å². The van der Waals surface area contributed by atoms with Gasteiger partial charge in [0.1, 0.15) is 28.5 Å². The highest BCUT2D eigenvalue weighted by molar-refractivity contribution is 5.89. The second-order valence-electron chi connectivity index (χ2n) is 15.1. The molecular weight excluding hydrogens is 546 g/mol. The number of nitrogens with zero attached hydrogens (tertiary/aromatic N) is 1. The highest BCUT2D eigenvalue weighted by Crippen LogP contribution is 2.72. The van der Waals surface area contributed by atoms with E-state index in [9.17, 15) is 39.9 Å². The number of Topliss-reactive ketones (excluding diaryl/α,β-unsaturated/α-hetero) is 1. The van der Waals surface area contributed by atoms with E-state index in [0.29, 0.717) is 31.7 Å². The van der Waals surface area contributed by atoms with E-state index in [-0.39, 0.29) is 38.0 Å². The van der Waals surface area contributed by atoms with Crippen molar-refractivity contribution in [3.05, 3.63) is 0 Å². The quantitative estimate of drug-likeness (QED) is 0.281. The van der Waals surface area contributed by atoms with Crippen LogP contribution in [-0.4, -0.2) is 107 Å². The van der Waals surface area contributed by atoms with Crippen molar-refractivity contribution in [2.45, 2.75) is 132 Å². The Kier molecular flexibility index (Phi) is 6.66. The zero-order chi connectivity index (χ0) is 30.8. The van der Waals surface area contributed by atoms with Gasteiger partial charge in [-0.1, -0.05) is 13.8 Å². The Morgan fingerprint density at radius 1 is 0.833 bits per heavy atom. The maximum absolute atomic E-state index is 13.6. The molecule has 0 aromatic rings. The Morgan fingerprint density at radius 2 is 1.50 bits per heavy atom. The summed E-state index contributed by atoms with van der Waals surface area (Å²) in [6.45, 7) is 8.67. The van der Waals surface area contributed by atoms with Crippen LogP contribution in [0.25, 0.3) is 0 Å². The predicted octanol–water partition coefficient (Wildman–Crippen LogP) is 0.458. The molecule has 0 radical (unpaired) electrons. The minimum absolute atomic E-state index is 0.134. The third-order valence-electron chi connectivity index (χ3n) is 13.0. The second kappa shape index (κ2) is 9.20. The Bertz CT molecular complexity index is 1190. The van der Waals surface area contributed by atoms with Crippen LogP contribution in [0.2, 0.25) is 0 Å². The number of carbonyl (C=O) groups excluding carboxylic acids is 3. The minimum atomic E-state index is -2.12. The lowest BCUT2D eigenvalue weighted by Gasteiger charge is -2.68. The second-order valence-corrected chi connectivity index (χ2v) is 15.1. The molecule has 2 saturated heterocycles. The Morgan fingerprint density at radius 3 is 2.14 bits per heavy atom. The lowest BCUT2D eigenvalue weighted by atomic mass is 9.48. The van der Waals surface area contributed by atoms with Gasteiger partial charge in [-0.15, -0.1) is 0 Å².